The van der Waals surface area contributed by atoms with Gasteiger partial charge in [-0.3, -0.25) is 4.79 Å². The fourth-order valence-electron chi connectivity index (χ4n) is 4.54. The summed E-state index contributed by atoms with van der Waals surface area (Å²) in [4.78, 5) is 24.7. The van der Waals surface area contributed by atoms with Crippen LogP contribution in [0.1, 0.15) is 20.8 Å². The predicted octanol–water partition coefficient (Wildman–Crippen LogP) is 2.49. The van der Waals surface area contributed by atoms with Gasteiger partial charge in [-0.15, -0.1) is 0 Å². The first-order chi connectivity index (χ1) is 14.9. The average Bonchev–Trinajstić information content (AvgIpc) is 2.74. The molecule has 2 aromatic rings. The third-order valence-electron chi connectivity index (χ3n) is 6.23. The zero-order valence-corrected chi connectivity index (χ0v) is 21.1. The molecule has 32 heavy (non-hydrogen) atoms. The van der Waals surface area contributed by atoms with E-state index < -0.39 is 47.6 Å². The van der Waals surface area contributed by atoms with Crippen LogP contribution in [-0.4, -0.2) is 56.9 Å². The number of nitrogens with zero attached hydrogens (tertiary/aromatic N) is 1. The minimum absolute atomic E-state index is 0.00747. The quantitative estimate of drug-likeness (QED) is 0.491. The molecule has 0 bridgehead atoms. The second-order valence-corrected chi connectivity index (χ2v) is 14.6. The van der Waals surface area contributed by atoms with E-state index in [1.807, 2.05) is 39.9 Å². The van der Waals surface area contributed by atoms with E-state index in [9.17, 15) is 18.0 Å². The molecule has 1 aliphatic heterocycles. The van der Waals surface area contributed by atoms with Gasteiger partial charge in [-0.05, 0) is 58.1 Å². The molecule has 0 aromatic heterocycles. The number of quaternary nitrogens is 1. The molecule has 0 aliphatic carbocycles. The Morgan fingerprint density at radius 3 is 2.06 bits per heavy atom. The molecule has 1 saturated heterocycles. The lowest BCUT2D eigenvalue weighted by Crippen LogP contribution is -2.91. The van der Waals surface area contributed by atoms with Crippen molar-refractivity contribution in [1.29, 1.82) is 0 Å². The van der Waals surface area contributed by atoms with E-state index in [0.29, 0.717) is 5.75 Å². The number of rotatable bonds is 7. The predicted molar refractivity (Wildman–Crippen MR) is 125 cm³/mol. The van der Waals surface area contributed by atoms with Gasteiger partial charge in [-0.2, -0.15) is 0 Å². The van der Waals surface area contributed by atoms with E-state index in [4.69, 9.17) is 4.74 Å². The van der Waals surface area contributed by atoms with Gasteiger partial charge in [0.05, 0.1) is 10.4 Å². The number of nitrogens with one attached hydrogen (secondary N) is 1. The van der Waals surface area contributed by atoms with Crippen LogP contribution < -0.4 is 10.1 Å². The monoisotopic (exact) mass is 475 g/mol. The molecule has 0 spiro atoms. The van der Waals surface area contributed by atoms with Crippen LogP contribution in [0.2, 0.25) is 13.1 Å². The SMILES string of the molecule is C[SiH](C)[N+]1(C(C)(C)C)C[C@](NC(=O)COc2ccccc2)(S(=O)(=O)c2ccccc2)C1=O. The fourth-order valence-corrected chi connectivity index (χ4v) is 9.58. The van der Waals surface area contributed by atoms with Crippen LogP contribution in [0.25, 0.3) is 0 Å². The van der Waals surface area contributed by atoms with Gasteiger partial charge >= 0.3 is 10.8 Å². The Morgan fingerprint density at radius 2 is 1.59 bits per heavy atom. The maximum absolute atomic E-state index is 13.9. The summed E-state index contributed by atoms with van der Waals surface area (Å²) in [5.74, 6) is -0.639. The Hall–Kier alpha value is -2.49. The van der Waals surface area contributed by atoms with Crippen molar-refractivity contribution in [1.82, 2.24) is 5.32 Å². The van der Waals surface area contributed by atoms with Crippen LogP contribution in [0.5, 0.6) is 5.75 Å². The van der Waals surface area contributed by atoms with Crippen LogP contribution in [0.15, 0.2) is 65.6 Å². The first-order valence-electron chi connectivity index (χ1n) is 10.6. The topological polar surface area (TPSA) is 89.5 Å². The highest BCUT2D eigenvalue weighted by Gasteiger charge is 2.77. The fraction of sp³-hybridized carbons (Fsp3) is 0.391. The molecule has 0 saturated carbocycles. The third kappa shape index (κ3) is 3.78. The van der Waals surface area contributed by atoms with Crippen molar-refractivity contribution in [2.24, 2.45) is 0 Å². The van der Waals surface area contributed by atoms with E-state index >= 15 is 0 Å². The maximum Gasteiger partial charge on any atom is 0.344 e. The van der Waals surface area contributed by atoms with E-state index in [0.717, 1.165) is 0 Å². The van der Waals surface area contributed by atoms with Gasteiger partial charge in [0.1, 0.15) is 12.3 Å². The molecule has 0 radical (unpaired) electrons. The lowest BCUT2D eigenvalue weighted by molar-refractivity contribution is -0.834. The van der Waals surface area contributed by atoms with Crippen molar-refractivity contribution in [2.75, 3.05) is 13.2 Å². The third-order valence-corrected chi connectivity index (χ3v) is 11.4. The number of benzene rings is 2. The van der Waals surface area contributed by atoms with Crippen LogP contribution in [0, 0.1) is 0 Å². The number of carbonyl (C=O) groups is 2. The largest absolute Gasteiger partial charge is 0.484 e. The summed E-state index contributed by atoms with van der Waals surface area (Å²) >= 11 is 0. The van der Waals surface area contributed by atoms with E-state index in [1.165, 1.54) is 12.1 Å². The highest BCUT2D eigenvalue weighted by Crippen LogP contribution is 2.46. The molecular weight excluding hydrogens is 444 g/mol. The number of para-hydroxylation sites is 1. The molecule has 9 heteroatoms. The second kappa shape index (κ2) is 8.46. The zero-order valence-electron chi connectivity index (χ0n) is 19.2. The minimum atomic E-state index is -4.19. The van der Waals surface area contributed by atoms with Gasteiger partial charge in [0.2, 0.25) is 9.84 Å². The van der Waals surface area contributed by atoms with E-state index in [-0.39, 0.29) is 15.6 Å². The van der Waals surface area contributed by atoms with Gasteiger partial charge < -0.3 is 14.2 Å². The zero-order chi connectivity index (χ0) is 23.8. The Morgan fingerprint density at radius 1 is 1.06 bits per heavy atom. The molecule has 2 amide bonds. The number of hydrogen-bond donors (Lipinski definition) is 1. The Labute approximate surface area is 191 Å². The molecule has 1 fully saturated rings. The number of likely N-dealkylation sites (tertiary alicyclic amines) is 1. The maximum atomic E-state index is 13.9. The van der Waals surface area contributed by atoms with Gasteiger partial charge in [-0.1, -0.05) is 36.4 Å². The summed E-state index contributed by atoms with van der Waals surface area (Å²) in [5, 5.41) is 2.58. The molecule has 1 aliphatic rings. The first kappa shape index (κ1) is 24.2. The molecule has 7 nitrogen and oxygen atoms in total. The number of carbonyl (C=O) groups excluding carboxylic acids is 2. The lowest BCUT2D eigenvalue weighted by atomic mass is 9.95. The molecule has 1 N–H and O–H groups in total. The van der Waals surface area contributed by atoms with Crippen molar-refractivity contribution in [2.45, 2.75) is 49.2 Å². The van der Waals surface area contributed by atoms with Crippen molar-refractivity contribution in [3.8, 4) is 5.75 Å². The van der Waals surface area contributed by atoms with E-state index in [2.05, 4.69) is 5.32 Å². The van der Waals surface area contributed by atoms with Gasteiger partial charge in [0, 0.05) is 0 Å². The average molecular weight is 476 g/mol. The van der Waals surface area contributed by atoms with Gasteiger partial charge in [0.15, 0.2) is 6.61 Å². The molecule has 3 rings (SSSR count). The van der Waals surface area contributed by atoms with Crippen LogP contribution in [-0.2, 0) is 19.4 Å². The van der Waals surface area contributed by atoms with Crippen molar-refractivity contribution in [3.63, 3.8) is 0 Å². The minimum Gasteiger partial charge on any atom is -0.484 e. The molecular formula is C23H31N2O5SSi+. The Balaban J connectivity index is 1.98. The lowest BCUT2D eigenvalue weighted by Gasteiger charge is -2.62. The molecule has 1 unspecified atom stereocenters. The first-order valence-corrected chi connectivity index (χ1v) is 14.9. The number of β-lactam (4-membered cyclic amide) rings is 1. The summed E-state index contributed by atoms with van der Waals surface area (Å²) in [7, 11) is -5.90. The molecule has 2 atom stereocenters. The van der Waals surface area contributed by atoms with E-state index in [1.54, 1.807) is 42.5 Å². The van der Waals surface area contributed by atoms with Crippen molar-refractivity contribution < 1.29 is 26.9 Å². The smallest absolute Gasteiger partial charge is 0.344 e. The standard InChI is InChI=1S/C23H30N2O5SSi/c1-22(2,3)25(32(4)5)17-23(21(25)27,31(28,29)19-14-10-7-11-15-19)24-20(26)16-30-18-12-8-6-9-13-18/h6-15,32H,16-17H2,1-5H3/p+1/t23-,25?/m0/s1. The Bertz CT molecular complexity index is 1100. The summed E-state index contributed by atoms with van der Waals surface area (Å²) in [6.07, 6.45) is 0. The van der Waals surface area contributed by atoms with Gasteiger partial charge in [-0.25, -0.2) is 13.2 Å². The molecule has 2 aromatic carbocycles. The summed E-state index contributed by atoms with van der Waals surface area (Å²) < 4.78 is 33.0. The highest BCUT2D eigenvalue weighted by atomic mass is 32.2. The van der Waals surface area contributed by atoms with Gasteiger partial charge in [0.25, 0.3) is 14.9 Å². The number of amides is 2. The van der Waals surface area contributed by atoms with Crippen LogP contribution in [0.3, 0.4) is 0 Å². The number of ether oxygens (including phenoxy) is 1. The summed E-state index contributed by atoms with van der Waals surface area (Å²) in [6, 6.07) is 16.6. The van der Waals surface area contributed by atoms with Crippen molar-refractivity contribution >= 4 is 30.6 Å². The molecule has 1 heterocycles. The summed E-state index contributed by atoms with van der Waals surface area (Å²) in [5.41, 5.74) is -0.488. The highest BCUT2D eigenvalue weighted by molar-refractivity contribution is 7.93. The number of hydrogen-bond acceptors (Lipinski definition) is 5. The Kier molecular flexibility index (Phi) is 6.38. The normalized spacial score (nSPS) is 23.5. The number of sulfone groups is 1. The van der Waals surface area contributed by atoms with Crippen LogP contribution in [0.4, 0.5) is 0 Å². The van der Waals surface area contributed by atoms with Crippen LogP contribution >= 0.6 is 0 Å². The second-order valence-electron chi connectivity index (χ2n) is 9.39. The van der Waals surface area contributed by atoms with Crippen molar-refractivity contribution in [3.05, 3.63) is 60.7 Å². The molecule has 172 valence electrons. The summed E-state index contributed by atoms with van der Waals surface area (Å²) in [6.45, 7) is 9.50.